The normalized spacial score (nSPS) is 45.6. The molecule has 248 valence electrons. The molecule has 17 heteroatoms. The second kappa shape index (κ2) is 14.2. The highest BCUT2D eigenvalue weighted by Gasteiger charge is 2.54. The van der Waals surface area contributed by atoms with Gasteiger partial charge in [-0.15, -0.1) is 0 Å². The third kappa shape index (κ3) is 8.12. The van der Waals surface area contributed by atoms with Crippen LogP contribution < -0.4 is 5.73 Å². The zero-order valence-electron chi connectivity index (χ0n) is 24.0. The van der Waals surface area contributed by atoms with Gasteiger partial charge in [-0.2, -0.15) is 0 Å². The van der Waals surface area contributed by atoms with Crippen molar-refractivity contribution in [2.75, 3.05) is 19.8 Å². The van der Waals surface area contributed by atoms with E-state index < -0.39 is 123 Å². The summed E-state index contributed by atoms with van der Waals surface area (Å²) >= 11 is 0. The molecule has 0 aliphatic carbocycles. The van der Waals surface area contributed by atoms with Crippen molar-refractivity contribution in [1.29, 1.82) is 0 Å². The SMILES string of the molecule is CC(C)(N)CC(C)(C)O[C@@H]1OC(CO)[C@@H](O[C@@H]2OC(CO)[C@H](O[C@H]3OC(CO)[C@H](O)C(O)C3O)C(O)C2O)C(O)C1O. The van der Waals surface area contributed by atoms with Crippen molar-refractivity contribution < 1.29 is 79.5 Å². The molecule has 9 unspecified atom stereocenters. The molecule has 15 atom stereocenters. The highest BCUT2D eigenvalue weighted by atomic mass is 16.8. The van der Waals surface area contributed by atoms with Gasteiger partial charge in [-0.25, -0.2) is 0 Å². The maximum absolute atomic E-state index is 10.9. The van der Waals surface area contributed by atoms with E-state index in [4.69, 9.17) is 34.2 Å². The second-order valence-electron chi connectivity index (χ2n) is 12.4. The van der Waals surface area contributed by atoms with Crippen molar-refractivity contribution in [2.24, 2.45) is 5.73 Å². The smallest absolute Gasteiger partial charge is 0.187 e. The van der Waals surface area contributed by atoms with E-state index in [-0.39, 0.29) is 0 Å². The predicted octanol–water partition coefficient (Wildman–Crippen LogP) is -5.64. The molecule has 0 amide bonds. The Morgan fingerprint density at radius 2 is 0.929 bits per heavy atom. The van der Waals surface area contributed by atoms with E-state index >= 15 is 0 Å². The third-order valence-electron chi connectivity index (χ3n) is 7.39. The Morgan fingerprint density at radius 3 is 1.36 bits per heavy atom. The van der Waals surface area contributed by atoms with E-state index in [9.17, 15) is 51.1 Å². The van der Waals surface area contributed by atoms with Crippen molar-refractivity contribution in [2.45, 2.75) is 137 Å². The highest BCUT2D eigenvalue weighted by molar-refractivity contribution is 4.97. The molecule has 3 fully saturated rings. The van der Waals surface area contributed by atoms with Crippen molar-refractivity contribution in [3.63, 3.8) is 0 Å². The molecular formula is C25H47NO16. The molecule has 0 spiro atoms. The summed E-state index contributed by atoms with van der Waals surface area (Å²) in [7, 11) is 0. The van der Waals surface area contributed by atoms with E-state index in [1.807, 2.05) is 0 Å². The minimum Gasteiger partial charge on any atom is -0.394 e. The molecule has 0 aromatic carbocycles. The lowest BCUT2D eigenvalue weighted by molar-refractivity contribution is -0.383. The van der Waals surface area contributed by atoms with Crippen LogP contribution in [0.25, 0.3) is 0 Å². The number of ether oxygens (including phenoxy) is 6. The Hall–Kier alpha value is -0.680. The molecule has 0 radical (unpaired) electrons. The summed E-state index contributed by atoms with van der Waals surface area (Å²) in [5, 5.41) is 103. The Labute approximate surface area is 242 Å². The summed E-state index contributed by atoms with van der Waals surface area (Å²) in [6.45, 7) is 4.73. The Kier molecular flexibility index (Phi) is 12.1. The molecule has 17 nitrogen and oxygen atoms in total. The number of hydrogen-bond acceptors (Lipinski definition) is 17. The van der Waals surface area contributed by atoms with Gasteiger partial charge >= 0.3 is 0 Å². The lowest BCUT2D eigenvalue weighted by Gasteiger charge is -2.48. The van der Waals surface area contributed by atoms with Gasteiger partial charge in [-0.3, -0.25) is 0 Å². The van der Waals surface area contributed by atoms with Crippen LogP contribution in [0.1, 0.15) is 34.1 Å². The van der Waals surface area contributed by atoms with Gasteiger partial charge in [0.05, 0.1) is 25.4 Å². The molecule has 0 saturated carbocycles. The zero-order valence-corrected chi connectivity index (χ0v) is 24.0. The van der Waals surface area contributed by atoms with Gasteiger partial charge in [0.2, 0.25) is 0 Å². The monoisotopic (exact) mass is 617 g/mol. The topological polar surface area (TPSA) is 284 Å². The standard InChI is InChI=1S/C25H47NO16/c1-24(2,26)8-25(3,4)42-23-18(36)15(33)20(11(7-29)39-23)41-22-17(35)14(32)19(10(6-28)38-22)40-21-16(34)13(31)12(30)9(5-27)37-21/h9-23,27-36H,5-8,26H2,1-4H3/t9?,10?,11?,12-,13?,14?,15?,16?,17?,18?,19-,20+,21+,22-,23-/m0/s1. The molecule has 12 N–H and O–H groups in total. The first-order valence-electron chi connectivity index (χ1n) is 13.8. The van der Waals surface area contributed by atoms with Gasteiger partial charge in [0.25, 0.3) is 0 Å². The first-order valence-corrected chi connectivity index (χ1v) is 13.8. The molecular weight excluding hydrogens is 570 g/mol. The number of rotatable bonds is 11. The van der Waals surface area contributed by atoms with Crippen LogP contribution >= 0.6 is 0 Å². The molecule has 3 rings (SSSR count). The van der Waals surface area contributed by atoms with Crippen LogP contribution in [0.15, 0.2) is 0 Å². The molecule has 0 bridgehead atoms. The van der Waals surface area contributed by atoms with E-state index in [0.29, 0.717) is 6.42 Å². The second-order valence-corrected chi connectivity index (χ2v) is 12.4. The summed E-state index contributed by atoms with van der Waals surface area (Å²) < 4.78 is 33.6. The predicted molar refractivity (Wildman–Crippen MR) is 137 cm³/mol. The van der Waals surface area contributed by atoms with Crippen LogP contribution in [0.3, 0.4) is 0 Å². The maximum Gasteiger partial charge on any atom is 0.187 e. The Balaban J connectivity index is 1.70. The zero-order chi connectivity index (χ0) is 31.7. The van der Waals surface area contributed by atoms with Gasteiger partial charge in [0, 0.05) is 5.54 Å². The molecule has 3 saturated heterocycles. The average molecular weight is 618 g/mol. The first kappa shape index (κ1) is 35.8. The summed E-state index contributed by atoms with van der Waals surface area (Å²) in [4.78, 5) is 0. The molecule has 3 aliphatic rings. The molecule has 42 heavy (non-hydrogen) atoms. The third-order valence-corrected chi connectivity index (χ3v) is 7.39. The minimum absolute atomic E-state index is 0.349. The summed E-state index contributed by atoms with van der Waals surface area (Å²) in [6.07, 6.45) is -24.1. The molecule has 0 aromatic rings. The Morgan fingerprint density at radius 1 is 0.548 bits per heavy atom. The Bertz CT molecular complexity index is 840. The van der Waals surface area contributed by atoms with Crippen molar-refractivity contribution in [3.8, 4) is 0 Å². The van der Waals surface area contributed by atoms with Crippen LogP contribution in [0.4, 0.5) is 0 Å². The maximum atomic E-state index is 10.9. The number of hydrogen-bond donors (Lipinski definition) is 11. The number of aliphatic hydroxyl groups excluding tert-OH is 10. The van der Waals surface area contributed by atoms with Crippen molar-refractivity contribution >= 4 is 0 Å². The lowest BCUT2D eigenvalue weighted by atomic mass is 9.90. The highest BCUT2D eigenvalue weighted by Crippen LogP contribution is 2.34. The van der Waals surface area contributed by atoms with E-state index in [1.165, 1.54) is 0 Å². The van der Waals surface area contributed by atoms with Crippen LogP contribution in [0.5, 0.6) is 0 Å². The molecule has 3 heterocycles. The number of aliphatic hydroxyl groups is 10. The van der Waals surface area contributed by atoms with Crippen molar-refractivity contribution in [3.05, 3.63) is 0 Å². The molecule has 3 aliphatic heterocycles. The van der Waals surface area contributed by atoms with E-state index in [1.54, 1.807) is 27.7 Å². The summed E-state index contributed by atoms with van der Waals surface area (Å²) in [5.74, 6) is 0. The van der Waals surface area contributed by atoms with Gasteiger partial charge in [0.15, 0.2) is 18.9 Å². The van der Waals surface area contributed by atoms with Gasteiger partial charge < -0.3 is 85.2 Å². The quantitative estimate of drug-likeness (QED) is 0.103. The molecule has 0 aromatic heterocycles. The lowest BCUT2D eigenvalue weighted by Crippen LogP contribution is -2.67. The van der Waals surface area contributed by atoms with Crippen LogP contribution in [-0.2, 0) is 28.4 Å². The fourth-order valence-electron chi connectivity index (χ4n) is 5.59. The minimum atomic E-state index is -1.91. The van der Waals surface area contributed by atoms with E-state index in [2.05, 4.69) is 0 Å². The van der Waals surface area contributed by atoms with Crippen LogP contribution in [0.2, 0.25) is 0 Å². The van der Waals surface area contributed by atoms with Gasteiger partial charge in [0.1, 0.15) is 73.2 Å². The first-order chi connectivity index (χ1) is 19.4. The van der Waals surface area contributed by atoms with Crippen LogP contribution in [-0.4, -0.2) is 174 Å². The number of nitrogens with two attached hydrogens (primary N) is 1. The van der Waals surface area contributed by atoms with Gasteiger partial charge in [-0.1, -0.05) is 0 Å². The fourth-order valence-corrected chi connectivity index (χ4v) is 5.59. The summed E-state index contributed by atoms with van der Waals surface area (Å²) in [6, 6.07) is 0. The van der Waals surface area contributed by atoms with Crippen molar-refractivity contribution in [1.82, 2.24) is 0 Å². The largest absolute Gasteiger partial charge is 0.394 e. The van der Waals surface area contributed by atoms with E-state index in [0.717, 1.165) is 0 Å². The average Bonchev–Trinajstić information content (AvgIpc) is 2.90. The summed E-state index contributed by atoms with van der Waals surface area (Å²) in [5.41, 5.74) is 4.54. The van der Waals surface area contributed by atoms with Gasteiger partial charge in [-0.05, 0) is 34.1 Å². The fraction of sp³-hybridized carbons (Fsp3) is 1.00. The van der Waals surface area contributed by atoms with Crippen LogP contribution in [0, 0.1) is 0 Å².